The molecule has 7 nitrogen and oxygen atoms in total. The Labute approximate surface area is 148 Å². The minimum atomic E-state index is -0.334. The van der Waals surface area contributed by atoms with Crippen LogP contribution in [0.2, 0.25) is 0 Å². The Hall–Kier alpha value is -2.12. The van der Waals surface area contributed by atoms with Crippen LogP contribution in [0.5, 0.6) is 5.75 Å². The standard InChI is InChI=1S/C18H25N3O4/c1-15-13-21(11-12-24-15)17(22)14-19-7-9-20(10-8-19)18(23)25-16-5-3-2-4-6-16/h2-6,15H,7-14H2,1H3. The maximum absolute atomic E-state index is 12.4. The fraction of sp³-hybridized carbons (Fsp3) is 0.556. The number of rotatable bonds is 3. The Kier molecular flexibility index (Phi) is 5.88. The highest BCUT2D eigenvalue weighted by molar-refractivity contribution is 5.78. The predicted octanol–water partition coefficient (Wildman–Crippen LogP) is 1.05. The summed E-state index contributed by atoms with van der Waals surface area (Å²) in [7, 11) is 0. The van der Waals surface area contributed by atoms with Gasteiger partial charge in [0.25, 0.3) is 0 Å². The van der Waals surface area contributed by atoms with E-state index in [0.717, 1.165) is 0 Å². The van der Waals surface area contributed by atoms with E-state index in [-0.39, 0.29) is 18.1 Å². The zero-order valence-corrected chi connectivity index (χ0v) is 14.6. The first-order valence-electron chi connectivity index (χ1n) is 8.75. The summed E-state index contributed by atoms with van der Waals surface area (Å²) < 4.78 is 10.8. The zero-order chi connectivity index (χ0) is 17.6. The highest BCUT2D eigenvalue weighted by Crippen LogP contribution is 2.12. The first-order chi connectivity index (χ1) is 12.1. The largest absolute Gasteiger partial charge is 0.415 e. The van der Waals surface area contributed by atoms with Crippen molar-refractivity contribution in [3.8, 4) is 5.75 Å². The van der Waals surface area contributed by atoms with Crippen molar-refractivity contribution < 1.29 is 19.1 Å². The first kappa shape index (κ1) is 17.7. The number of carbonyl (C=O) groups excluding carboxylic acids is 2. The molecule has 1 unspecified atom stereocenters. The van der Waals surface area contributed by atoms with Gasteiger partial charge in [-0.15, -0.1) is 0 Å². The maximum atomic E-state index is 12.4. The number of piperazine rings is 1. The van der Waals surface area contributed by atoms with Crippen LogP contribution in [0.1, 0.15) is 6.92 Å². The van der Waals surface area contributed by atoms with Crippen LogP contribution < -0.4 is 4.74 Å². The van der Waals surface area contributed by atoms with Gasteiger partial charge in [-0.25, -0.2) is 4.79 Å². The van der Waals surface area contributed by atoms with Crippen molar-refractivity contribution in [1.82, 2.24) is 14.7 Å². The molecular formula is C18H25N3O4. The summed E-state index contributed by atoms with van der Waals surface area (Å²) >= 11 is 0. The Morgan fingerprint density at radius 1 is 1.08 bits per heavy atom. The summed E-state index contributed by atoms with van der Waals surface area (Å²) in [5, 5.41) is 0. The Morgan fingerprint density at radius 2 is 1.80 bits per heavy atom. The van der Waals surface area contributed by atoms with E-state index in [1.807, 2.05) is 30.0 Å². The molecule has 3 rings (SSSR count). The number of ether oxygens (including phenoxy) is 2. The van der Waals surface area contributed by atoms with Gasteiger partial charge in [-0.05, 0) is 19.1 Å². The molecule has 2 fully saturated rings. The fourth-order valence-electron chi connectivity index (χ4n) is 3.08. The van der Waals surface area contributed by atoms with Gasteiger partial charge in [0.1, 0.15) is 5.75 Å². The summed E-state index contributed by atoms with van der Waals surface area (Å²) in [4.78, 5) is 30.2. The second-order valence-electron chi connectivity index (χ2n) is 6.47. The third-order valence-corrected chi connectivity index (χ3v) is 4.53. The molecule has 136 valence electrons. The van der Waals surface area contributed by atoms with E-state index in [1.54, 1.807) is 17.0 Å². The van der Waals surface area contributed by atoms with Crippen molar-refractivity contribution in [1.29, 1.82) is 0 Å². The van der Waals surface area contributed by atoms with Crippen LogP contribution >= 0.6 is 0 Å². The summed E-state index contributed by atoms with van der Waals surface area (Å²) in [6, 6.07) is 9.06. The SMILES string of the molecule is CC1CN(C(=O)CN2CCN(C(=O)Oc3ccccc3)CC2)CCO1. The molecule has 7 heteroatoms. The Balaban J connectivity index is 1.42. The lowest BCUT2D eigenvalue weighted by molar-refractivity contribution is -0.139. The second kappa shape index (κ2) is 8.31. The summed E-state index contributed by atoms with van der Waals surface area (Å²) in [6.45, 7) is 6.79. The van der Waals surface area contributed by atoms with Gasteiger partial charge in [-0.1, -0.05) is 18.2 Å². The summed E-state index contributed by atoms with van der Waals surface area (Å²) in [6.07, 6.45) is -0.235. The van der Waals surface area contributed by atoms with Crippen LogP contribution in [0.3, 0.4) is 0 Å². The van der Waals surface area contributed by atoms with E-state index in [1.165, 1.54) is 0 Å². The number of amides is 2. The average molecular weight is 347 g/mol. The van der Waals surface area contributed by atoms with Crippen LogP contribution in [-0.4, -0.2) is 85.2 Å². The van der Waals surface area contributed by atoms with Crippen LogP contribution in [0.25, 0.3) is 0 Å². The number of para-hydroxylation sites is 1. The molecule has 2 aliphatic rings. The summed E-state index contributed by atoms with van der Waals surface area (Å²) in [5.41, 5.74) is 0. The lowest BCUT2D eigenvalue weighted by atomic mass is 10.2. The maximum Gasteiger partial charge on any atom is 0.415 e. The van der Waals surface area contributed by atoms with E-state index < -0.39 is 0 Å². The first-order valence-corrected chi connectivity index (χ1v) is 8.75. The molecule has 2 heterocycles. The van der Waals surface area contributed by atoms with Crippen molar-refractivity contribution in [3.63, 3.8) is 0 Å². The van der Waals surface area contributed by atoms with E-state index in [4.69, 9.17) is 9.47 Å². The smallest absolute Gasteiger partial charge is 0.410 e. The van der Waals surface area contributed by atoms with E-state index >= 15 is 0 Å². The molecule has 0 N–H and O–H groups in total. The van der Waals surface area contributed by atoms with Gasteiger partial charge in [-0.3, -0.25) is 9.69 Å². The number of hydrogen-bond acceptors (Lipinski definition) is 5. The molecule has 2 saturated heterocycles. The number of hydrogen-bond donors (Lipinski definition) is 0. The van der Waals surface area contributed by atoms with E-state index in [9.17, 15) is 9.59 Å². The molecule has 2 aliphatic heterocycles. The van der Waals surface area contributed by atoms with Gasteiger partial charge in [0.2, 0.25) is 5.91 Å². The molecule has 25 heavy (non-hydrogen) atoms. The average Bonchev–Trinajstić information content (AvgIpc) is 2.63. The molecule has 0 radical (unpaired) electrons. The highest BCUT2D eigenvalue weighted by atomic mass is 16.6. The van der Waals surface area contributed by atoms with Crippen molar-refractivity contribution in [2.75, 3.05) is 52.4 Å². The number of carbonyl (C=O) groups is 2. The monoisotopic (exact) mass is 347 g/mol. The van der Waals surface area contributed by atoms with Crippen molar-refractivity contribution in [3.05, 3.63) is 30.3 Å². The quantitative estimate of drug-likeness (QED) is 0.818. The zero-order valence-electron chi connectivity index (χ0n) is 14.6. The van der Waals surface area contributed by atoms with Gasteiger partial charge in [-0.2, -0.15) is 0 Å². The topological polar surface area (TPSA) is 62.3 Å². The van der Waals surface area contributed by atoms with Crippen molar-refractivity contribution >= 4 is 12.0 Å². The minimum absolute atomic E-state index is 0.0994. The number of benzene rings is 1. The lowest BCUT2D eigenvalue weighted by Gasteiger charge is -2.36. The van der Waals surface area contributed by atoms with Crippen LogP contribution in [0, 0.1) is 0 Å². The van der Waals surface area contributed by atoms with Gasteiger partial charge < -0.3 is 19.3 Å². The molecule has 0 bridgehead atoms. The fourth-order valence-corrected chi connectivity index (χ4v) is 3.08. The molecule has 1 aromatic carbocycles. The van der Waals surface area contributed by atoms with Gasteiger partial charge in [0.15, 0.2) is 0 Å². The highest BCUT2D eigenvalue weighted by Gasteiger charge is 2.27. The lowest BCUT2D eigenvalue weighted by Crippen LogP contribution is -2.53. The van der Waals surface area contributed by atoms with Gasteiger partial charge in [0, 0.05) is 39.3 Å². The van der Waals surface area contributed by atoms with Crippen LogP contribution in [0.15, 0.2) is 30.3 Å². The molecule has 0 aromatic heterocycles. The number of nitrogens with zero attached hydrogens (tertiary/aromatic N) is 3. The molecular weight excluding hydrogens is 322 g/mol. The van der Waals surface area contributed by atoms with Crippen LogP contribution in [0.4, 0.5) is 4.79 Å². The van der Waals surface area contributed by atoms with Crippen LogP contribution in [-0.2, 0) is 9.53 Å². The molecule has 0 saturated carbocycles. The van der Waals surface area contributed by atoms with E-state index in [0.29, 0.717) is 58.2 Å². The van der Waals surface area contributed by atoms with Crippen molar-refractivity contribution in [2.45, 2.75) is 13.0 Å². The Morgan fingerprint density at radius 3 is 2.48 bits per heavy atom. The van der Waals surface area contributed by atoms with Gasteiger partial charge >= 0.3 is 6.09 Å². The van der Waals surface area contributed by atoms with E-state index in [2.05, 4.69) is 4.90 Å². The summed E-state index contributed by atoms with van der Waals surface area (Å²) in [5.74, 6) is 0.682. The molecule has 1 aromatic rings. The molecule has 0 aliphatic carbocycles. The molecule has 1 atom stereocenters. The molecule has 2 amide bonds. The minimum Gasteiger partial charge on any atom is -0.410 e. The third-order valence-electron chi connectivity index (χ3n) is 4.53. The third kappa shape index (κ3) is 4.93. The normalized spacial score (nSPS) is 21.9. The second-order valence-corrected chi connectivity index (χ2v) is 6.47. The number of morpholine rings is 1. The predicted molar refractivity (Wildman–Crippen MR) is 92.5 cm³/mol. The Bertz CT molecular complexity index is 587. The molecule has 0 spiro atoms. The van der Waals surface area contributed by atoms with Crippen molar-refractivity contribution in [2.24, 2.45) is 0 Å². The van der Waals surface area contributed by atoms with Gasteiger partial charge in [0.05, 0.1) is 19.3 Å².